The van der Waals surface area contributed by atoms with Gasteiger partial charge in [-0.2, -0.15) is 0 Å². The van der Waals surface area contributed by atoms with E-state index >= 15 is 0 Å². The van der Waals surface area contributed by atoms with Crippen molar-refractivity contribution in [2.75, 3.05) is 7.11 Å². The van der Waals surface area contributed by atoms with Crippen LogP contribution in [-0.4, -0.2) is 37.2 Å². The fourth-order valence-corrected chi connectivity index (χ4v) is 4.23. The number of hydrogen-bond donors (Lipinski definition) is 1. The van der Waals surface area contributed by atoms with Gasteiger partial charge in [0, 0.05) is 17.6 Å². The van der Waals surface area contributed by atoms with E-state index in [0.717, 1.165) is 34.4 Å². The number of aromatic nitrogens is 5. The highest BCUT2D eigenvalue weighted by Gasteiger charge is 2.17. The summed E-state index contributed by atoms with van der Waals surface area (Å²) in [6, 6.07) is 19.7. The van der Waals surface area contributed by atoms with Gasteiger partial charge >= 0.3 is 0 Å². The molecule has 0 fully saturated rings. The lowest BCUT2D eigenvalue weighted by Crippen LogP contribution is -2.28. The predicted molar refractivity (Wildman–Crippen MR) is 136 cm³/mol. The van der Waals surface area contributed by atoms with Gasteiger partial charge < -0.3 is 14.1 Å². The summed E-state index contributed by atoms with van der Waals surface area (Å²) < 4.78 is 12.6. The molecule has 0 amide bonds. The summed E-state index contributed by atoms with van der Waals surface area (Å²) in [5.74, 6) is 2.30. The number of benzene rings is 2. The zero-order valence-electron chi connectivity index (χ0n) is 20.3. The van der Waals surface area contributed by atoms with Gasteiger partial charge in [0.25, 0.3) is 5.56 Å². The number of nitrogens with one attached hydrogen (secondary N) is 1. The predicted octanol–water partition coefficient (Wildman–Crippen LogP) is 3.93. The molecule has 5 rings (SSSR count). The molecular formula is C27H28N6O3. The summed E-state index contributed by atoms with van der Waals surface area (Å²) >= 11 is 0. The second kappa shape index (κ2) is 10.6. The van der Waals surface area contributed by atoms with E-state index < -0.39 is 0 Å². The number of aryl methyl sites for hydroxylation is 1. The maximum atomic E-state index is 12.9. The molecule has 0 radical (unpaired) electrons. The van der Waals surface area contributed by atoms with Gasteiger partial charge in [-0.3, -0.25) is 9.69 Å². The quantitative estimate of drug-likeness (QED) is 0.320. The van der Waals surface area contributed by atoms with E-state index in [-0.39, 0.29) is 5.56 Å². The van der Waals surface area contributed by atoms with Crippen molar-refractivity contribution in [1.29, 1.82) is 0 Å². The van der Waals surface area contributed by atoms with Crippen LogP contribution in [0.5, 0.6) is 5.75 Å². The van der Waals surface area contributed by atoms with Crippen molar-refractivity contribution in [2.24, 2.45) is 0 Å². The summed E-state index contributed by atoms with van der Waals surface area (Å²) in [6.07, 6.45) is 2.59. The highest BCUT2D eigenvalue weighted by atomic mass is 16.5. The van der Waals surface area contributed by atoms with Crippen LogP contribution in [0.25, 0.3) is 10.9 Å². The van der Waals surface area contributed by atoms with Crippen LogP contribution in [-0.2, 0) is 32.6 Å². The summed E-state index contributed by atoms with van der Waals surface area (Å²) in [4.78, 5) is 18.1. The first-order valence-electron chi connectivity index (χ1n) is 11.9. The van der Waals surface area contributed by atoms with Gasteiger partial charge in [0.1, 0.15) is 11.5 Å². The Morgan fingerprint density at radius 2 is 1.86 bits per heavy atom. The monoisotopic (exact) mass is 484 g/mol. The van der Waals surface area contributed by atoms with Gasteiger partial charge in [0.2, 0.25) is 0 Å². The standard InChI is InChI=1S/C27H28N6O3/c1-3-19-8-11-25-21(13-19)14-22(27(34)28-25)16-32(17-24-5-4-12-36-24)18-26-29-30-31-33(26)15-20-6-9-23(35-2)10-7-20/h4-14H,3,15-18H2,1-2H3,(H,28,34). The van der Waals surface area contributed by atoms with Gasteiger partial charge in [-0.1, -0.05) is 25.1 Å². The van der Waals surface area contributed by atoms with Crippen LogP contribution in [0.4, 0.5) is 0 Å². The lowest BCUT2D eigenvalue weighted by atomic mass is 10.1. The molecule has 0 spiro atoms. The van der Waals surface area contributed by atoms with Crippen molar-refractivity contribution in [3.8, 4) is 5.75 Å². The number of ether oxygens (including phenoxy) is 1. The van der Waals surface area contributed by atoms with E-state index in [4.69, 9.17) is 9.15 Å². The molecule has 184 valence electrons. The number of nitrogens with zero attached hydrogens (tertiary/aromatic N) is 5. The first-order valence-corrected chi connectivity index (χ1v) is 11.9. The van der Waals surface area contributed by atoms with Crippen molar-refractivity contribution >= 4 is 10.9 Å². The summed E-state index contributed by atoms with van der Waals surface area (Å²) in [5, 5.41) is 13.4. The first kappa shape index (κ1) is 23.5. The van der Waals surface area contributed by atoms with E-state index in [0.29, 0.717) is 37.6 Å². The summed E-state index contributed by atoms with van der Waals surface area (Å²) in [7, 11) is 1.64. The molecule has 0 unspecified atom stereocenters. The van der Waals surface area contributed by atoms with E-state index in [1.54, 1.807) is 18.1 Å². The van der Waals surface area contributed by atoms with E-state index in [1.165, 1.54) is 5.56 Å². The van der Waals surface area contributed by atoms with Crippen LogP contribution in [0.2, 0.25) is 0 Å². The third-order valence-corrected chi connectivity index (χ3v) is 6.21. The average molecular weight is 485 g/mol. The molecule has 3 heterocycles. The van der Waals surface area contributed by atoms with Crippen molar-refractivity contribution < 1.29 is 9.15 Å². The molecule has 2 aromatic carbocycles. The minimum Gasteiger partial charge on any atom is -0.497 e. The highest BCUT2D eigenvalue weighted by Crippen LogP contribution is 2.18. The smallest absolute Gasteiger partial charge is 0.252 e. The normalized spacial score (nSPS) is 11.4. The fourth-order valence-electron chi connectivity index (χ4n) is 4.23. The lowest BCUT2D eigenvalue weighted by Gasteiger charge is -2.21. The van der Waals surface area contributed by atoms with Gasteiger partial charge in [-0.25, -0.2) is 4.68 Å². The molecule has 0 saturated heterocycles. The lowest BCUT2D eigenvalue weighted by molar-refractivity contribution is 0.217. The number of aromatic amines is 1. The summed E-state index contributed by atoms with van der Waals surface area (Å²) in [6.45, 7) is 4.01. The molecule has 1 N–H and O–H groups in total. The number of furan rings is 1. The number of pyridine rings is 1. The second-order valence-corrected chi connectivity index (χ2v) is 8.72. The van der Waals surface area contributed by atoms with E-state index in [9.17, 15) is 4.79 Å². The Morgan fingerprint density at radius 3 is 2.61 bits per heavy atom. The van der Waals surface area contributed by atoms with Crippen LogP contribution in [0.15, 0.2) is 76.1 Å². The van der Waals surface area contributed by atoms with Gasteiger partial charge in [-0.05, 0) is 75.8 Å². The molecule has 0 aliphatic rings. The van der Waals surface area contributed by atoms with Crippen LogP contribution >= 0.6 is 0 Å². The van der Waals surface area contributed by atoms with Crippen LogP contribution in [0.3, 0.4) is 0 Å². The van der Waals surface area contributed by atoms with E-state index in [2.05, 4.69) is 38.4 Å². The number of rotatable bonds is 10. The molecule has 0 bridgehead atoms. The maximum absolute atomic E-state index is 12.9. The molecule has 0 saturated carbocycles. The number of fused-ring (bicyclic) bond motifs is 1. The van der Waals surface area contributed by atoms with Gasteiger partial charge in [0.15, 0.2) is 5.82 Å². The molecule has 3 aromatic heterocycles. The van der Waals surface area contributed by atoms with E-state index in [1.807, 2.05) is 54.6 Å². The molecule has 9 nitrogen and oxygen atoms in total. The highest BCUT2D eigenvalue weighted by molar-refractivity contribution is 5.79. The topological polar surface area (TPSA) is 102 Å². The van der Waals surface area contributed by atoms with Crippen molar-refractivity contribution in [3.63, 3.8) is 0 Å². The first-order chi connectivity index (χ1) is 17.6. The SMILES string of the molecule is CCc1ccc2[nH]c(=O)c(CN(Cc3ccco3)Cc3nnnn3Cc3ccc(OC)cc3)cc2c1. The third kappa shape index (κ3) is 5.36. The molecular weight excluding hydrogens is 456 g/mol. The minimum atomic E-state index is -0.103. The summed E-state index contributed by atoms with van der Waals surface area (Å²) in [5.41, 5.74) is 3.69. The molecule has 0 aliphatic carbocycles. The zero-order chi connectivity index (χ0) is 24.9. The maximum Gasteiger partial charge on any atom is 0.252 e. The number of methoxy groups -OCH3 is 1. The Labute approximate surface area is 208 Å². The number of hydrogen-bond acceptors (Lipinski definition) is 7. The van der Waals surface area contributed by atoms with Gasteiger partial charge in [-0.15, -0.1) is 5.10 Å². The van der Waals surface area contributed by atoms with Crippen molar-refractivity contribution in [2.45, 2.75) is 39.5 Å². The second-order valence-electron chi connectivity index (χ2n) is 8.72. The minimum absolute atomic E-state index is 0.103. The van der Waals surface area contributed by atoms with Crippen LogP contribution < -0.4 is 10.3 Å². The third-order valence-electron chi connectivity index (χ3n) is 6.21. The Hall–Kier alpha value is -4.24. The van der Waals surface area contributed by atoms with Crippen LogP contribution in [0.1, 0.15) is 35.2 Å². The Kier molecular flexibility index (Phi) is 6.90. The Bertz CT molecular complexity index is 1490. The van der Waals surface area contributed by atoms with Crippen molar-refractivity contribution in [1.82, 2.24) is 30.1 Å². The zero-order valence-corrected chi connectivity index (χ0v) is 20.3. The van der Waals surface area contributed by atoms with Gasteiger partial charge in [0.05, 0.1) is 33.0 Å². The molecule has 0 atom stereocenters. The number of H-pyrrole nitrogens is 1. The van der Waals surface area contributed by atoms with Crippen LogP contribution in [0, 0.1) is 0 Å². The molecule has 0 aliphatic heterocycles. The molecule has 36 heavy (non-hydrogen) atoms. The number of tetrazole rings is 1. The molecule has 5 aromatic rings. The fraction of sp³-hybridized carbons (Fsp3) is 0.259. The Balaban J connectivity index is 1.41. The van der Waals surface area contributed by atoms with Crippen molar-refractivity contribution in [3.05, 3.63) is 106 Å². The largest absolute Gasteiger partial charge is 0.497 e. The molecule has 9 heteroatoms. The average Bonchev–Trinajstić information content (AvgIpc) is 3.57. The Morgan fingerprint density at radius 1 is 1.03 bits per heavy atom.